The van der Waals surface area contributed by atoms with Crippen molar-refractivity contribution in [3.8, 4) is 0 Å². The molecule has 0 radical (unpaired) electrons. The minimum Gasteiger partial charge on any atom is -0.386 e. The van der Waals surface area contributed by atoms with Crippen LogP contribution in [0.25, 0.3) is 0 Å². The number of aliphatic hydroxyl groups excluding tert-OH is 1. The van der Waals surface area contributed by atoms with E-state index in [0.717, 1.165) is 12.3 Å². The van der Waals surface area contributed by atoms with Gasteiger partial charge in [0.2, 0.25) is 0 Å². The Morgan fingerprint density at radius 1 is 1.67 bits per heavy atom. The Bertz CT molecular complexity index is 282. The van der Waals surface area contributed by atoms with Gasteiger partial charge in [-0.2, -0.15) is 0 Å². The number of halogens is 3. The highest BCUT2D eigenvalue weighted by Gasteiger charge is 2.12. The molecule has 66 valence electrons. The second kappa shape index (κ2) is 3.78. The van der Waals surface area contributed by atoms with Crippen LogP contribution in [0, 0.1) is 5.82 Å². The summed E-state index contributed by atoms with van der Waals surface area (Å²) in [5, 5.41) is 8.89. The number of rotatable bonds is 2. The Kier molecular flexibility index (Phi) is 2.94. The average Bonchev–Trinajstić information content (AvgIpc) is 2.08. The maximum Gasteiger partial charge on any atom is 0.141 e. The summed E-state index contributed by atoms with van der Waals surface area (Å²) in [6.07, 6.45) is -0.503. The van der Waals surface area contributed by atoms with Crippen molar-refractivity contribution in [1.29, 1.82) is 0 Å². The molecule has 0 aliphatic heterocycles. The maximum atomic E-state index is 12.5. The first-order chi connectivity index (χ1) is 5.65. The van der Waals surface area contributed by atoms with Gasteiger partial charge in [-0.1, -0.05) is 11.6 Å². The molecule has 1 atom stereocenters. The molecule has 0 amide bonds. The Morgan fingerprint density at radius 3 is 2.92 bits per heavy atom. The lowest BCUT2D eigenvalue weighted by Crippen LogP contribution is -2.02. The Morgan fingerprint density at radius 2 is 2.33 bits per heavy atom. The van der Waals surface area contributed by atoms with Crippen LogP contribution < -0.4 is 0 Å². The smallest absolute Gasteiger partial charge is 0.141 e. The van der Waals surface area contributed by atoms with Crippen LogP contribution in [0.2, 0.25) is 5.15 Å². The highest BCUT2D eigenvalue weighted by atomic mass is 35.5. The summed E-state index contributed by atoms with van der Waals surface area (Å²) in [4.78, 5) is 3.41. The van der Waals surface area contributed by atoms with E-state index in [-0.39, 0.29) is 10.7 Å². The third-order valence-electron chi connectivity index (χ3n) is 1.34. The molecule has 0 aliphatic rings. The van der Waals surface area contributed by atoms with E-state index < -0.39 is 18.6 Å². The summed E-state index contributed by atoms with van der Waals surface area (Å²) in [6.45, 7) is -1.01. The molecule has 0 spiro atoms. The van der Waals surface area contributed by atoms with Gasteiger partial charge in [0.15, 0.2) is 0 Å². The fraction of sp³-hybridized carbons (Fsp3) is 0.286. The van der Waals surface area contributed by atoms with Crippen molar-refractivity contribution in [2.24, 2.45) is 0 Å². The molecule has 1 aromatic rings. The van der Waals surface area contributed by atoms with E-state index in [1.54, 1.807) is 0 Å². The zero-order valence-corrected chi connectivity index (χ0v) is 6.72. The predicted molar refractivity (Wildman–Crippen MR) is 40.1 cm³/mol. The van der Waals surface area contributed by atoms with Crippen molar-refractivity contribution < 1.29 is 13.9 Å². The molecule has 12 heavy (non-hydrogen) atoms. The van der Waals surface area contributed by atoms with Gasteiger partial charge < -0.3 is 5.11 Å². The van der Waals surface area contributed by atoms with Crippen LogP contribution in [-0.2, 0) is 0 Å². The summed E-state index contributed by atoms with van der Waals surface area (Å²) in [5.41, 5.74) is -0.0285. The Hall–Kier alpha value is -0.740. The fourth-order valence-electron chi connectivity index (χ4n) is 0.755. The van der Waals surface area contributed by atoms with Crippen LogP contribution in [0.5, 0.6) is 0 Å². The predicted octanol–water partition coefficient (Wildman–Crippen LogP) is 1.88. The lowest BCUT2D eigenvalue weighted by molar-refractivity contribution is 0.141. The average molecular weight is 194 g/mol. The van der Waals surface area contributed by atoms with Crippen LogP contribution in [0.4, 0.5) is 8.78 Å². The van der Waals surface area contributed by atoms with Gasteiger partial charge in [0.25, 0.3) is 0 Å². The minimum atomic E-state index is -1.40. The lowest BCUT2D eigenvalue weighted by atomic mass is 10.2. The second-order valence-electron chi connectivity index (χ2n) is 2.20. The van der Waals surface area contributed by atoms with Gasteiger partial charge >= 0.3 is 0 Å². The SMILES string of the molecule is O[C@H](CF)c1cc(F)cnc1Cl. The Balaban J connectivity index is 3.04. The third kappa shape index (κ3) is 1.89. The largest absolute Gasteiger partial charge is 0.386 e. The summed E-state index contributed by atoms with van der Waals surface area (Å²) < 4.78 is 24.4. The molecular formula is C7H6ClF2NO. The van der Waals surface area contributed by atoms with Crippen LogP contribution in [0.15, 0.2) is 12.3 Å². The first-order valence-corrected chi connectivity index (χ1v) is 3.58. The maximum absolute atomic E-state index is 12.5. The number of aliphatic hydroxyl groups is 1. The first kappa shape index (κ1) is 9.35. The zero-order valence-electron chi connectivity index (χ0n) is 5.97. The summed E-state index contributed by atoms with van der Waals surface area (Å²) in [5.74, 6) is -0.651. The Labute approximate surface area is 72.8 Å². The lowest BCUT2D eigenvalue weighted by Gasteiger charge is -2.06. The number of nitrogens with zero attached hydrogens (tertiary/aromatic N) is 1. The van der Waals surface area contributed by atoms with Gasteiger partial charge in [0, 0.05) is 5.56 Å². The van der Waals surface area contributed by atoms with E-state index in [1.807, 2.05) is 0 Å². The molecular weight excluding hydrogens is 188 g/mol. The number of alkyl halides is 1. The molecule has 0 aromatic carbocycles. The molecule has 1 aromatic heterocycles. The molecule has 0 aliphatic carbocycles. The van der Waals surface area contributed by atoms with Gasteiger partial charge in [0.1, 0.15) is 23.7 Å². The van der Waals surface area contributed by atoms with Gasteiger partial charge in [-0.15, -0.1) is 0 Å². The summed E-state index contributed by atoms with van der Waals surface area (Å²) in [6, 6.07) is 0.958. The number of hydrogen-bond donors (Lipinski definition) is 1. The third-order valence-corrected chi connectivity index (χ3v) is 1.65. The van der Waals surface area contributed by atoms with Crippen LogP contribution >= 0.6 is 11.6 Å². The second-order valence-corrected chi connectivity index (χ2v) is 2.56. The van der Waals surface area contributed by atoms with E-state index in [2.05, 4.69) is 4.98 Å². The molecule has 1 rings (SSSR count). The fourth-order valence-corrected chi connectivity index (χ4v) is 0.984. The molecule has 0 saturated carbocycles. The molecule has 0 unspecified atom stereocenters. The molecule has 1 heterocycles. The van der Waals surface area contributed by atoms with Crippen molar-refractivity contribution in [3.05, 3.63) is 28.8 Å². The standard InChI is InChI=1S/C7H6ClF2NO/c8-7-5(6(12)2-9)1-4(10)3-11-7/h1,3,6,12H,2H2/t6-/m1/s1. The molecule has 0 saturated heterocycles. The van der Waals surface area contributed by atoms with E-state index >= 15 is 0 Å². The summed E-state index contributed by atoms with van der Waals surface area (Å²) in [7, 11) is 0. The van der Waals surface area contributed by atoms with Crippen molar-refractivity contribution in [3.63, 3.8) is 0 Å². The number of hydrogen-bond acceptors (Lipinski definition) is 2. The highest BCUT2D eigenvalue weighted by Crippen LogP contribution is 2.21. The van der Waals surface area contributed by atoms with Crippen molar-refractivity contribution in [1.82, 2.24) is 4.98 Å². The van der Waals surface area contributed by atoms with E-state index in [1.165, 1.54) is 0 Å². The quantitative estimate of drug-likeness (QED) is 0.728. The van der Waals surface area contributed by atoms with Crippen LogP contribution in [0.1, 0.15) is 11.7 Å². The van der Waals surface area contributed by atoms with Gasteiger partial charge in [-0.25, -0.2) is 13.8 Å². The molecule has 1 N–H and O–H groups in total. The molecule has 5 heteroatoms. The zero-order chi connectivity index (χ0) is 9.14. The van der Waals surface area contributed by atoms with E-state index in [0.29, 0.717) is 0 Å². The molecule has 0 bridgehead atoms. The van der Waals surface area contributed by atoms with Gasteiger partial charge in [-0.05, 0) is 6.07 Å². The van der Waals surface area contributed by atoms with Gasteiger partial charge in [-0.3, -0.25) is 0 Å². The summed E-state index contributed by atoms with van der Waals surface area (Å²) >= 11 is 5.47. The van der Waals surface area contributed by atoms with Crippen LogP contribution in [0.3, 0.4) is 0 Å². The van der Waals surface area contributed by atoms with Crippen molar-refractivity contribution >= 4 is 11.6 Å². The van der Waals surface area contributed by atoms with Crippen LogP contribution in [-0.4, -0.2) is 16.8 Å². The number of aromatic nitrogens is 1. The van der Waals surface area contributed by atoms with Gasteiger partial charge in [0.05, 0.1) is 6.20 Å². The van der Waals surface area contributed by atoms with E-state index in [9.17, 15) is 8.78 Å². The number of pyridine rings is 1. The van der Waals surface area contributed by atoms with E-state index in [4.69, 9.17) is 16.7 Å². The first-order valence-electron chi connectivity index (χ1n) is 3.20. The van der Waals surface area contributed by atoms with Crippen molar-refractivity contribution in [2.75, 3.05) is 6.67 Å². The molecule has 2 nitrogen and oxygen atoms in total. The topological polar surface area (TPSA) is 33.1 Å². The molecule has 0 fully saturated rings. The minimum absolute atomic E-state index is 0.0285. The van der Waals surface area contributed by atoms with Crippen molar-refractivity contribution in [2.45, 2.75) is 6.10 Å². The monoisotopic (exact) mass is 193 g/mol. The normalized spacial score (nSPS) is 13.0. The highest BCUT2D eigenvalue weighted by molar-refractivity contribution is 6.30.